The van der Waals surface area contributed by atoms with Gasteiger partial charge in [0.15, 0.2) is 0 Å². The number of carbonyl (C=O) groups is 1. The molecule has 0 aromatic carbocycles. The summed E-state index contributed by atoms with van der Waals surface area (Å²) in [6, 6.07) is 4.21. The number of H-pyrrole nitrogens is 1. The number of imidazole rings is 1. The quantitative estimate of drug-likeness (QED) is 0.388. The first kappa shape index (κ1) is 21.8. The zero-order chi connectivity index (χ0) is 23.8. The fourth-order valence-electron chi connectivity index (χ4n) is 5.33. The molecule has 4 aromatic heterocycles. The minimum Gasteiger partial charge on any atom is -0.382 e. The van der Waals surface area contributed by atoms with E-state index in [1.165, 1.54) is 0 Å². The summed E-state index contributed by atoms with van der Waals surface area (Å²) >= 11 is 0. The summed E-state index contributed by atoms with van der Waals surface area (Å²) in [7, 11) is 0. The van der Waals surface area contributed by atoms with E-state index >= 15 is 0 Å². The van der Waals surface area contributed by atoms with E-state index in [9.17, 15) is 4.79 Å². The second kappa shape index (κ2) is 9.14. The summed E-state index contributed by atoms with van der Waals surface area (Å²) in [6.45, 7) is 1.000. The van der Waals surface area contributed by atoms with Crippen molar-refractivity contribution < 1.29 is 9.53 Å². The molecule has 1 aliphatic carbocycles. The molecular weight excluding hydrogens is 442 g/mol. The number of anilines is 1. The molecule has 9 heteroatoms. The number of nitrogens with zero attached hydrogens (tertiary/aromatic N) is 4. The van der Waals surface area contributed by atoms with Crippen molar-refractivity contribution in [2.75, 3.05) is 18.9 Å². The van der Waals surface area contributed by atoms with Crippen LogP contribution in [0.3, 0.4) is 0 Å². The summed E-state index contributed by atoms with van der Waals surface area (Å²) in [5, 5.41) is 4.24. The van der Waals surface area contributed by atoms with Crippen molar-refractivity contribution in [1.82, 2.24) is 29.7 Å². The van der Waals surface area contributed by atoms with Crippen LogP contribution in [0.1, 0.15) is 56.0 Å². The van der Waals surface area contributed by atoms with Gasteiger partial charge in [-0.15, -0.1) is 0 Å². The highest BCUT2D eigenvalue weighted by molar-refractivity contribution is 5.90. The Morgan fingerprint density at radius 2 is 2.11 bits per heavy atom. The number of pyridine rings is 1. The molecule has 35 heavy (non-hydrogen) atoms. The lowest BCUT2D eigenvalue weighted by Gasteiger charge is -2.29. The molecule has 1 saturated carbocycles. The van der Waals surface area contributed by atoms with Gasteiger partial charge in [-0.25, -0.2) is 15.0 Å². The van der Waals surface area contributed by atoms with Crippen molar-refractivity contribution in [2.24, 2.45) is 0 Å². The Balaban J connectivity index is 1.53. The molecule has 0 spiro atoms. The van der Waals surface area contributed by atoms with Crippen LogP contribution in [0.4, 0.5) is 5.82 Å². The van der Waals surface area contributed by atoms with Gasteiger partial charge >= 0.3 is 0 Å². The predicted octanol–water partition coefficient (Wildman–Crippen LogP) is 3.82. The van der Waals surface area contributed by atoms with Crippen LogP contribution in [0.15, 0.2) is 36.8 Å². The molecular formula is C26H29N7O2. The predicted molar refractivity (Wildman–Crippen MR) is 135 cm³/mol. The SMILES string of the molecule is Nc1ncc2n3c(nc(-c4cnc5[nH]ccc5c4)c13)[C@@H]1CCCC(C1)NC(=O)CCOCC/C=C/2. The number of aromatic amines is 1. The highest BCUT2D eigenvalue weighted by Gasteiger charge is 2.30. The molecule has 6 rings (SSSR count). The highest BCUT2D eigenvalue weighted by atomic mass is 16.5. The highest BCUT2D eigenvalue weighted by Crippen LogP contribution is 2.38. The number of fused-ring (bicyclic) bond motifs is 4. The topological polar surface area (TPSA) is 123 Å². The summed E-state index contributed by atoms with van der Waals surface area (Å²) in [5.41, 5.74) is 10.7. The summed E-state index contributed by atoms with van der Waals surface area (Å²) in [6.07, 6.45) is 14.6. The Kier molecular flexibility index (Phi) is 5.69. The second-order valence-electron chi connectivity index (χ2n) is 9.39. The van der Waals surface area contributed by atoms with E-state index in [4.69, 9.17) is 15.5 Å². The molecule has 0 radical (unpaired) electrons. The number of nitrogen functional groups attached to an aromatic ring is 1. The van der Waals surface area contributed by atoms with Crippen molar-refractivity contribution >= 4 is 34.4 Å². The molecule has 9 nitrogen and oxygen atoms in total. The van der Waals surface area contributed by atoms with Gasteiger partial charge in [-0.05, 0) is 43.9 Å². The summed E-state index contributed by atoms with van der Waals surface area (Å²) in [4.78, 5) is 29.9. The summed E-state index contributed by atoms with van der Waals surface area (Å²) in [5.74, 6) is 1.64. The van der Waals surface area contributed by atoms with Gasteiger partial charge in [-0.1, -0.05) is 12.5 Å². The van der Waals surface area contributed by atoms with Crippen LogP contribution >= 0.6 is 0 Å². The fourth-order valence-corrected chi connectivity index (χ4v) is 5.33. The minimum atomic E-state index is 0.0507. The third-order valence-corrected chi connectivity index (χ3v) is 7.01. The van der Waals surface area contributed by atoms with Gasteiger partial charge in [0, 0.05) is 41.7 Å². The number of aromatic nitrogens is 5. The van der Waals surface area contributed by atoms with Crippen molar-refractivity contribution in [3.05, 3.63) is 48.3 Å². The zero-order valence-electron chi connectivity index (χ0n) is 19.5. The van der Waals surface area contributed by atoms with Gasteiger partial charge in [-0.3, -0.25) is 9.20 Å². The standard InChI is InChI=1S/C26H29N7O2/c27-24-23-22(18-12-16-7-9-28-25(16)30-14-18)32-26-17-4-3-5-19(13-17)31-21(34)8-11-35-10-2-1-6-20(15-29-24)33(23)26/h1,6-7,9,12,14-15,17,19H,2-5,8,10-11,13H2,(H2,27,29)(H,28,30)(H,31,34)/b6-1+/t17-,19?/m1/s1. The first-order chi connectivity index (χ1) is 17.2. The Hall–Kier alpha value is -3.72. The first-order valence-corrected chi connectivity index (χ1v) is 12.3. The van der Waals surface area contributed by atoms with Crippen molar-refractivity contribution in [1.29, 1.82) is 0 Å². The van der Waals surface area contributed by atoms with Crippen LogP contribution < -0.4 is 11.1 Å². The Morgan fingerprint density at radius 1 is 1.17 bits per heavy atom. The maximum absolute atomic E-state index is 12.5. The minimum absolute atomic E-state index is 0.0507. The van der Waals surface area contributed by atoms with E-state index < -0.39 is 0 Å². The maximum atomic E-state index is 12.5. The second-order valence-corrected chi connectivity index (χ2v) is 9.39. The molecule has 1 fully saturated rings. The molecule has 1 amide bonds. The van der Waals surface area contributed by atoms with Crippen molar-refractivity contribution in [3.8, 4) is 11.3 Å². The fraction of sp³-hybridized carbons (Fsp3) is 0.385. The molecule has 2 bridgehead atoms. The van der Waals surface area contributed by atoms with Crippen LogP contribution in [-0.4, -0.2) is 49.5 Å². The Morgan fingerprint density at radius 3 is 3.06 bits per heavy atom. The molecule has 2 aliphatic rings. The molecule has 4 N–H and O–H groups in total. The number of hydrogen-bond donors (Lipinski definition) is 3. The molecule has 1 unspecified atom stereocenters. The van der Waals surface area contributed by atoms with Crippen LogP contribution in [-0.2, 0) is 9.53 Å². The van der Waals surface area contributed by atoms with E-state index in [1.807, 2.05) is 24.7 Å². The van der Waals surface area contributed by atoms with E-state index in [2.05, 4.69) is 42.9 Å². The van der Waals surface area contributed by atoms with Gasteiger partial charge < -0.3 is 20.8 Å². The van der Waals surface area contributed by atoms with E-state index in [1.54, 1.807) is 0 Å². The lowest BCUT2D eigenvalue weighted by molar-refractivity contribution is -0.123. The molecule has 5 heterocycles. The van der Waals surface area contributed by atoms with Crippen LogP contribution in [0.25, 0.3) is 33.9 Å². The number of nitrogens with two attached hydrogens (primary N) is 1. The van der Waals surface area contributed by atoms with Crippen molar-refractivity contribution in [2.45, 2.75) is 50.5 Å². The number of carbonyl (C=O) groups excluding carboxylic acids is 1. The van der Waals surface area contributed by atoms with Gasteiger partial charge in [-0.2, -0.15) is 0 Å². The maximum Gasteiger partial charge on any atom is 0.222 e. The number of nitrogens with one attached hydrogen (secondary N) is 2. The van der Waals surface area contributed by atoms with E-state index in [0.717, 1.165) is 71.4 Å². The van der Waals surface area contributed by atoms with Gasteiger partial charge in [0.2, 0.25) is 5.91 Å². The van der Waals surface area contributed by atoms with E-state index in [0.29, 0.717) is 25.5 Å². The van der Waals surface area contributed by atoms with Crippen LogP contribution in [0, 0.1) is 0 Å². The molecule has 180 valence electrons. The molecule has 2 atom stereocenters. The number of hydrogen-bond acceptors (Lipinski definition) is 6. The van der Waals surface area contributed by atoms with E-state index in [-0.39, 0.29) is 17.9 Å². The molecule has 1 aliphatic heterocycles. The van der Waals surface area contributed by atoms with Gasteiger partial charge in [0.25, 0.3) is 0 Å². The number of amides is 1. The third kappa shape index (κ3) is 4.16. The largest absolute Gasteiger partial charge is 0.382 e. The Labute approximate surface area is 202 Å². The average molecular weight is 472 g/mol. The lowest BCUT2D eigenvalue weighted by atomic mass is 9.85. The Bertz CT molecular complexity index is 1420. The monoisotopic (exact) mass is 471 g/mol. The zero-order valence-corrected chi connectivity index (χ0v) is 19.5. The normalized spacial score (nSPS) is 22.5. The third-order valence-electron chi connectivity index (χ3n) is 7.01. The number of rotatable bonds is 1. The molecule has 4 aromatic rings. The first-order valence-electron chi connectivity index (χ1n) is 12.3. The number of ether oxygens (including phenoxy) is 1. The lowest BCUT2D eigenvalue weighted by Crippen LogP contribution is -2.38. The van der Waals surface area contributed by atoms with Gasteiger partial charge in [0.05, 0.1) is 25.1 Å². The summed E-state index contributed by atoms with van der Waals surface area (Å²) < 4.78 is 7.82. The van der Waals surface area contributed by atoms with Crippen LogP contribution in [0.2, 0.25) is 0 Å². The van der Waals surface area contributed by atoms with Crippen LogP contribution in [0.5, 0.6) is 0 Å². The van der Waals surface area contributed by atoms with Crippen molar-refractivity contribution in [3.63, 3.8) is 0 Å². The average Bonchev–Trinajstić information content (AvgIpc) is 3.49. The smallest absolute Gasteiger partial charge is 0.222 e. The molecule has 0 saturated heterocycles. The van der Waals surface area contributed by atoms with Gasteiger partial charge in [0.1, 0.15) is 28.5 Å².